The number of aromatic nitrogens is 2. The number of fused-ring (bicyclic) bond motifs is 1. The van der Waals surface area contributed by atoms with Crippen molar-refractivity contribution in [3.63, 3.8) is 0 Å². The molecule has 1 fully saturated rings. The maximum atomic E-state index is 13.4. The fourth-order valence-electron chi connectivity index (χ4n) is 3.31. The fourth-order valence-corrected chi connectivity index (χ4v) is 3.31. The summed E-state index contributed by atoms with van der Waals surface area (Å²) in [4.78, 5) is 0. The second-order valence-corrected chi connectivity index (χ2v) is 6.32. The molecule has 0 saturated carbocycles. The summed E-state index contributed by atoms with van der Waals surface area (Å²) in [6.07, 6.45) is 2.64. The van der Waals surface area contributed by atoms with Crippen LogP contribution in [0.2, 0.25) is 0 Å². The Balaban J connectivity index is 1.48. The van der Waals surface area contributed by atoms with Gasteiger partial charge >= 0.3 is 0 Å². The predicted octanol–water partition coefficient (Wildman–Crippen LogP) is 1.40. The number of benzene rings is 1. The first kappa shape index (κ1) is 15.8. The maximum absolute atomic E-state index is 13.4. The Bertz CT molecular complexity index is 787. The van der Waals surface area contributed by atoms with E-state index in [1.807, 2.05) is 0 Å². The molecular weight excluding hydrogens is 327 g/mol. The van der Waals surface area contributed by atoms with Crippen molar-refractivity contribution in [1.82, 2.24) is 20.9 Å². The zero-order valence-electron chi connectivity index (χ0n) is 13.5. The monoisotopic (exact) mass is 346 g/mol. The number of hydrogen-bond donors (Lipinski definition) is 4. The summed E-state index contributed by atoms with van der Waals surface area (Å²) in [6.45, 7) is 1.86. The number of piperidine rings is 1. The molecule has 1 saturated heterocycles. The lowest BCUT2D eigenvalue weighted by molar-refractivity contribution is 0.302. The summed E-state index contributed by atoms with van der Waals surface area (Å²) in [7, 11) is 0. The van der Waals surface area contributed by atoms with Gasteiger partial charge in [-0.2, -0.15) is 0 Å². The minimum atomic E-state index is -0.288. The van der Waals surface area contributed by atoms with Crippen LogP contribution < -0.4 is 16.0 Å². The SMILES string of the molecule is O/N=C(\N[C@H]1Cc2ccc(F)cc21)c1nonc1NC1CCNCC1. The molecule has 1 aromatic heterocycles. The molecule has 2 aliphatic rings. The smallest absolute Gasteiger partial charge is 0.202 e. The molecule has 1 aliphatic carbocycles. The van der Waals surface area contributed by atoms with Gasteiger partial charge in [-0.25, -0.2) is 9.02 Å². The quantitative estimate of drug-likeness (QED) is 0.287. The predicted molar refractivity (Wildman–Crippen MR) is 88.1 cm³/mol. The number of oxime groups is 1. The van der Waals surface area contributed by atoms with Gasteiger partial charge in [0, 0.05) is 6.04 Å². The van der Waals surface area contributed by atoms with Crippen LogP contribution in [-0.2, 0) is 6.42 Å². The third kappa shape index (κ3) is 3.14. The Hall–Kier alpha value is -2.68. The highest BCUT2D eigenvalue weighted by Crippen LogP contribution is 2.33. The van der Waals surface area contributed by atoms with E-state index < -0.39 is 0 Å². The number of hydrogen-bond acceptors (Lipinski definition) is 7. The van der Waals surface area contributed by atoms with Gasteiger partial charge in [0.05, 0.1) is 6.04 Å². The molecule has 9 heteroatoms. The van der Waals surface area contributed by atoms with Crippen LogP contribution in [0.5, 0.6) is 0 Å². The molecule has 2 heterocycles. The highest BCUT2D eigenvalue weighted by Gasteiger charge is 2.30. The van der Waals surface area contributed by atoms with Gasteiger partial charge in [0.15, 0.2) is 11.5 Å². The molecule has 0 spiro atoms. The van der Waals surface area contributed by atoms with E-state index >= 15 is 0 Å². The van der Waals surface area contributed by atoms with Crippen LogP contribution in [0.3, 0.4) is 0 Å². The highest BCUT2D eigenvalue weighted by molar-refractivity contribution is 6.00. The van der Waals surface area contributed by atoms with Gasteiger partial charge in [-0.3, -0.25) is 0 Å². The van der Waals surface area contributed by atoms with Crippen molar-refractivity contribution in [2.24, 2.45) is 5.16 Å². The Morgan fingerprint density at radius 1 is 1.32 bits per heavy atom. The van der Waals surface area contributed by atoms with Gasteiger partial charge < -0.3 is 21.2 Å². The summed E-state index contributed by atoms with van der Waals surface area (Å²) in [6, 6.07) is 4.81. The maximum Gasteiger partial charge on any atom is 0.202 e. The van der Waals surface area contributed by atoms with E-state index in [9.17, 15) is 9.60 Å². The van der Waals surface area contributed by atoms with Crippen molar-refractivity contribution in [3.05, 3.63) is 40.8 Å². The van der Waals surface area contributed by atoms with Gasteiger partial charge in [0.25, 0.3) is 0 Å². The van der Waals surface area contributed by atoms with Gasteiger partial charge in [0.1, 0.15) is 5.82 Å². The topological polar surface area (TPSA) is 108 Å². The number of anilines is 1. The second-order valence-electron chi connectivity index (χ2n) is 6.32. The van der Waals surface area contributed by atoms with E-state index in [2.05, 4.69) is 31.4 Å². The van der Waals surface area contributed by atoms with E-state index in [-0.39, 0.29) is 23.7 Å². The summed E-state index contributed by atoms with van der Waals surface area (Å²) in [5.74, 6) is 0.299. The Labute approximate surface area is 143 Å². The van der Waals surface area contributed by atoms with E-state index in [1.54, 1.807) is 6.07 Å². The summed E-state index contributed by atoms with van der Waals surface area (Å²) in [5, 5.41) is 30.1. The minimum absolute atomic E-state index is 0.139. The van der Waals surface area contributed by atoms with E-state index in [0.29, 0.717) is 11.5 Å². The highest BCUT2D eigenvalue weighted by atomic mass is 19.1. The van der Waals surface area contributed by atoms with Gasteiger partial charge in [-0.05, 0) is 65.9 Å². The normalized spacial score (nSPS) is 20.7. The standard InChI is InChI=1S/C16H19FN6O2/c17-10-2-1-9-7-13(12(9)8-10)20-15(21-24)14-16(23-25-22-14)19-11-3-5-18-6-4-11/h1-2,8,11,13,18,24H,3-7H2,(H,19,23)(H,20,21)/t13-/m0/s1. The largest absolute Gasteiger partial charge is 0.409 e. The molecule has 0 amide bonds. The molecular formula is C16H19FN6O2. The van der Waals surface area contributed by atoms with Crippen molar-refractivity contribution in [1.29, 1.82) is 0 Å². The zero-order valence-corrected chi connectivity index (χ0v) is 13.5. The number of nitrogens with one attached hydrogen (secondary N) is 3. The van der Waals surface area contributed by atoms with E-state index in [4.69, 9.17) is 4.63 Å². The molecule has 1 atom stereocenters. The zero-order chi connectivity index (χ0) is 17.2. The number of nitrogens with zero attached hydrogens (tertiary/aromatic N) is 3. The van der Waals surface area contributed by atoms with Crippen LogP contribution in [0.25, 0.3) is 0 Å². The van der Waals surface area contributed by atoms with Crippen molar-refractivity contribution >= 4 is 11.7 Å². The summed E-state index contributed by atoms with van der Waals surface area (Å²) in [5.41, 5.74) is 2.24. The molecule has 4 N–H and O–H groups in total. The second kappa shape index (κ2) is 6.67. The fraction of sp³-hybridized carbons (Fsp3) is 0.438. The molecule has 25 heavy (non-hydrogen) atoms. The summed E-state index contributed by atoms with van der Waals surface area (Å²) < 4.78 is 18.2. The van der Waals surface area contributed by atoms with E-state index in [0.717, 1.165) is 43.5 Å². The van der Waals surface area contributed by atoms with Crippen molar-refractivity contribution in [3.8, 4) is 0 Å². The molecule has 1 aliphatic heterocycles. The molecule has 0 radical (unpaired) electrons. The Kier molecular flexibility index (Phi) is 4.22. The lowest BCUT2D eigenvalue weighted by Gasteiger charge is -2.31. The number of rotatable bonds is 4. The molecule has 2 aromatic rings. The van der Waals surface area contributed by atoms with Crippen LogP contribution >= 0.6 is 0 Å². The molecule has 1 aromatic carbocycles. The number of amidine groups is 1. The van der Waals surface area contributed by atoms with Gasteiger partial charge in [-0.15, -0.1) is 0 Å². The third-order valence-corrected chi connectivity index (χ3v) is 4.71. The molecule has 132 valence electrons. The van der Waals surface area contributed by atoms with Crippen LogP contribution in [-0.4, -0.2) is 40.5 Å². The summed E-state index contributed by atoms with van der Waals surface area (Å²) >= 11 is 0. The first-order chi connectivity index (χ1) is 12.2. The molecule has 4 rings (SSSR count). The Morgan fingerprint density at radius 2 is 2.16 bits per heavy atom. The van der Waals surface area contributed by atoms with E-state index in [1.165, 1.54) is 12.1 Å². The van der Waals surface area contributed by atoms with Gasteiger partial charge in [0.2, 0.25) is 5.82 Å². The van der Waals surface area contributed by atoms with Crippen molar-refractivity contribution in [2.45, 2.75) is 31.3 Å². The van der Waals surface area contributed by atoms with Crippen molar-refractivity contribution < 1.29 is 14.2 Å². The lowest BCUT2D eigenvalue weighted by Crippen LogP contribution is -2.38. The molecule has 0 bridgehead atoms. The third-order valence-electron chi connectivity index (χ3n) is 4.71. The van der Waals surface area contributed by atoms with Crippen LogP contribution in [0.4, 0.5) is 10.2 Å². The Morgan fingerprint density at radius 3 is 2.96 bits per heavy atom. The average molecular weight is 346 g/mol. The van der Waals surface area contributed by atoms with Crippen LogP contribution in [0.1, 0.15) is 35.7 Å². The lowest BCUT2D eigenvalue weighted by atomic mass is 9.83. The number of halogens is 1. The van der Waals surface area contributed by atoms with Crippen LogP contribution in [0, 0.1) is 5.82 Å². The first-order valence-electron chi connectivity index (χ1n) is 8.31. The van der Waals surface area contributed by atoms with Gasteiger partial charge in [-0.1, -0.05) is 11.2 Å². The average Bonchev–Trinajstić information content (AvgIpc) is 3.07. The van der Waals surface area contributed by atoms with Crippen LogP contribution in [0.15, 0.2) is 28.0 Å². The first-order valence-corrected chi connectivity index (χ1v) is 8.31. The molecule has 0 unspecified atom stereocenters. The van der Waals surface area contributed by atoms with Crippen molar-refractivity contribution in [2.75, 3.05) is 18.4 Å². The molecule has 8 nitrogen and oxygen atoms in total. The minimum Gasteiger partial charge on any atom is -0.409 e.